The number of halogens is 1. The first-order valence-electron chi connectivity index (χ1n) is 10.8. The molecule has 0 spiro atoms. The standard InChI is InChI=1S/C25H24FN3O4/c1-15-20(12-16-10-11-17(26)13-22(16)27-15)25(32)33-14-23(30)29-21-9-5-4-8-19(21)24(31)28-18-6-2-3-7-18/h4-5,8-13,18H,2-3,6-7,14H2,1H3,(H,28,31)(H,29,30). The Labute approximate surface area is 190 Å². The molecule has 8 heteroatoms. The van der Waals surface area contributed by atoms with Gasteiger partial charge in [0.2, 0.25) is 0 Å². The zero-order valence-electron chi connectivity index (χ0n) is 18.2. The maximum Gasteiger partial charge on any atom is 0.340 e. The van der Waals surface area contributed by atoms with Crippen molar-refractivity contribution in [2.24, 2.45) is 0 Å². The maximum absolute atomic E-state index is 13.4. The van der Waals surface area contributed by atoms with Crippen LogP contribution in [0, 0.1) is 12.7 Å². The Morgan fingerprint density at radius 1 is 1.06 bits per heavy atom. The maximum atomic E-state index is 13.4. The van der Waals surface area contributed by atoms with Gasteiger partial charge in [-0.05, 0) is 50.1 Å². The van der Waals surface area contributed by atoms with Crippen LogP contribution in [0.25, 0.3) is 10.9 Å². The number of carbonyl (C=O) groups is 3. The molecule has 1 aliphatic carbocycles. The first-order valence-corrected chi connectivity index (χ1v) is 10.8. The highest BCUT2D eigenvalue weighted by Gasteiger charge is 2.21. The number of para-hydroxylation sites is 1. The number of aromatic nitrogens is 1. The number of hydrogen-bond acceptors (Lipinski definition) is 5. The molecule has 0 radical (unpaired) electrons. The molecule has 0 saturated heterocycles. The molecule has 0 atom stereocenters. The van der Waals surface area contributed by atoms with Crippen molar-refractivity contribution in [3.8, 4) is 0 Å². The average molecular weight is 449 g/mol. The average Bonchev–Trinajstić information content (AvgIpc) is 3.30. The summed E-state index contributed by atoms with van der Waals surface area (Å²) in [6.45, 7) is 1.08. The number of nitrogens with one attached hydrogen (secondary N) is 2. The molecular formula is C25H24FN3O4. The molecule has 4 rings (SSSR count). The minimum absolute atomic E-state index is 0.150. The van der Waals surface area contributed by atoms with Gasteiger partial charge in [-0.1, -0.05) is 25.0 Å². The molecule has 1 fully saturated rings. The number of nitrogens with zero attached hydrogens (tertiary/aromatic N) is 1. The van der Waals surface area contributed by atoms with Crippen LogP contribution in [0.2, 0.25) is 0 Å². The minimum Gasteiger partial charge on any atom is -0.452 e. The van der Waals surface area contributed by atoms with Crippen LogP contribution in [0.15, 0.2) is 48.5 Å². The largest absolute Gasteiger partial charge is 0.452 e. The summed E-state index contributed by atoms with van der Waals surface area (Å²) in [5.74, 6) is -1.95. The summed E-state index contributed by atoms with van der Waals surface area (Å²) in [6.07, 6.45) is 4.10. The lowest BCUT2D eigenvalue weighted by molar-refractivity contribution is -0.119. The monoisotopic (exact) mass is 449 g/mol. The molecule has 0 bridgehead atoms. The Hall–Kier alpha value is -3.81. The van der Waals surface area contributed by atoms with Crippen molar-refractivity contribution < 1.29 is 23.5 Å². The highest BCUT2D eigenvalue weighted by molar-refractivity contribution is 6.04. The van der Waals surface area contributed by atoms with Crippen LogP contribution in [-0.4, -0.2) is 35.4 Å². The number of carbonyl (C=O) groups excluding carboxylic acids is 3. The van der Waals surface area contributed by atoms with Crippen LogP contribution in [0.5, 0.6) is 0 Å². The van der Waals surface area contributed by atoms with Gasteiger partial charge in [-0.3, -0.25) is 14.6 Å². The number of fused-ring (bicyclic) bond motifs is 1. The molecule has 1 aromatic heterocycles. The van der Waals surface area contributed by atoms with Crippen molar-refractivity contribution in [2.75, 3.05) is 11.9 Å². The van der Waals surface area contributed by atoms with Crippen molar-refractivity contribution in [1.29, 1.82) is 0 Å². The van der Waals surface area contributed by atoms with E-state index in [1.165, 1.54) is 18.2 Å². The van der Waals surface area contributed by atoms with E-state index in [1.54, 1.807) is 37.3 Å². The lowest BCUT2D eigenvalue weighted by atomic mass is 10.1. The van der Waals surface area contributed by atoms with Gasteiger partial charge in [0.05, 0.1) is 28.0 Å². The molecule has 2 amide bonds. The second-order valence-corrected chi connectivity index (χ2v) is 8.08. The van der Waals surface area contributed by atoms with Crippen LogP contribution >= 0.6 is 0 Å². The SMILES string of the molecule is Cc1nc2cc(F)ccc2cc1C(=O)OCC(=O)Nc1ccccc1C(=O)NC1CCCC1. The molecule has 33 heavy (non-hydrogen) atoms. The van der Waals surface area contributed by atoms with Gasteiger partial charge in [0.1, 0.15) is 5.82 Å². The second kappa shape index (κ2) is 9.77. The van der Waals surface area contributed by atoms with E-state index >= 15 is 0 Å². The molecule has 0 aliphatic heterocycles. The number of hydrogen-bond donors (Lipinski definition) is 2. The topological polar surface area (TPSA) is 97.4 Å². The van der Waals surface area contributed by atoms with E-state index in [1.807, 2.05) is 0 Å². The Balaban J connectivity index is 1.39. The zero-order valence-corrected chi connectivity index (χ0v) is 18.2. The summed E-state index contributed by atoms with van der Waals surface area (Å²) >= 11 is 0. The lowest BCUT2D eigenvalue weighted by Crippen LogP contribution is -2.33. The van der Waals surface area contributed by atoms with Crippen LogP contribution in [-0.2, 0) is 9.53 Å². The first kappa shape index (κ1) is 22.4. The third-order valence-electron chi connectivity index (χ3n) is 5.66. The van der Waals surface area contributed by atoms with Crippen molar-refractivity contribution in [2.45, 2.75) is 38.6 Å². The normalized spacial score (nSPS) is 13.6. The number of ether oxygens (including phenoxy) is 1. The summed E-state index contributed by atoms with van der Waals surface area (Å²) in [5.41, 5.74) is 1.69. The second-order valence-electron chi connectivity index (χ2n) is 8.08. The smallest absolute Gasteiger partial charge is 0.340 e. The summed E-state index contributed by atoms with van der Waals surface area (Å²) in [5, 5.41) is 6.22. The number of anilines is 1. The Morgan fingerprint density at radius 2 is 1.82 bits per heavy atom. The summed E-state index contributed by atoms with van der Waals surface area (Å²) in [4.78, 5) is 41.8. The van der Waals surface area contributed by atoms with Crippen molar-refractivity contribution >= 4 is 34.4 Å². The zero-order chi connectivity index (χ0) is 23.4. The van der Waals surface area contributed by atoms with Gasteiger partial charge in [0.25, 0.3) is 11.8 Å². The molecular weight excluding hydrogens is 425 g/mol. The lowest BCUT2D eigenvalue weighted by Gasteiger charge is -2.15. The van der Waals surface area contributed by atoms with E-state index in [0.29, 0.717) is 27.8 Å². The van der Waals surface area contributed by atoms with Crippen LogP contribution < -0.4 is 10.6 Å². The molecule has 1 heterocycles. The van der Waals surface area contributed by atoms with E-state index in [-0.39, 0.29) is 17.5 Å². The van der Waals surface area contributed by atoms with E-state index in [0.717, 1.165) is 25.7 Å². The van der Waals surface area contributed by atoms with Crippen molar-refractivity contribution in [3.63, 3.8) is 0 Å². The van der Waals surface area contributed by atoms with E-state index in [9.17, 15) is 18.8 Å². The Morgan fingerprint density at radius 3 is 2.61 bits per heavy atom. The molecule has 170 valence electrons. The molecule has 2 aromatic carbocycles. The van der Waals surface area contributed by atoms with E-state index in [2.05, 4.69) is 15.6 Å². The fraction of sp³-hybridized carbons (Fsp3) is 0.280. The van der Waals surface area contributed by atoms with Crippen LogP contribution in [0.3, 0.4) is 0 Å². The quantitative estimate of drug-likeness (QED) is 0.551. The summed E-state index contributed by atoms with van der Waals surface area (Å²) in [6, 6.07) is 12.5. The number of pyridine rings is 1. The van der Waals surface area contributed by atoms with E-state index in [4.69, 9.17) is 4.74 Å². The molecule has 1 aliphatic rings. The Kier molecular flexibility index (Phi) is 6.63. The van der Waals surface area contributed by atoms with Gasteiger partial charge < -0.3 is 15.4 Å². The molecule has 7 nitrogen and oxygen atoms in total. The van der Waals surface area contributed by atoms with Crippen LogP contribution in [0.1, 0.15) is 52.1 Å². The third-order valence-corrected chi connectivity index (χ3v) is 5.66. The predicted octanol–water partition coefficient (Wildman–Crippen LogP) is 4.15. The fourth-order valence-electron chi connectivity index (χ4n) is 3.96. The van der Waals surface area contributed by atoms with E-state index < -0.39 is 24.3 Å². The summed E-state index contributed by atoms with van der Waals surface area (Å²) < 4.78 is 18.6. The van der Waals surface area contributed by atoms with Gasteiger partial charge in [0.15, 0.2) is 6.61 Å². The highest BCUT2D eigenvalue weighted by Crippen LogP contribution is 2.21. The minimum atomic E-state index is -0.714. The molecule has 2 N–H and O–H groups in total. The van der Waals surface area contributed by atoms with Crippen molar-refractivity contribution in [3.05, 3.63) is 71.2 Å². The summed E-state index contributed by atoms with van der Waals surface area (Å²) in [7, 11) is 0. The first-order chi connectivity index (χ1) is 15.9. The third kappa shape index (κ3) is 5.34. The van der Waals surface area contributed by atoms with Gasteiger partial charge >= 0.3 is 5.97 Å². The molecule has 1 saturated carbocycles. The van der Waals surface area contributed by atoms with Gasteiger partial charge in [-0.2, -0.15) is 0 Å². The number of esters is 1. The van der Waals surface area contributed by atoms with Crippen LogP contribution in [0.4, 0.5) is 10.1 Å². The Bertz CT molecular complexity index is 1220. The van der Waals surface area contributed by atoms with Gasteiger partial charge in [0, 0.05) is 17.5 Å². The molecule has 0 unspecified atom stereocenters. The number of amides is 2. The molecule has 3 aromatic rings. The fourth-order valence-corrected chi connectivity index (χ4v) is 3.96. The highest BCUT2D eigenvalue weighted by atomic mass is 19.1. The van der Waals surface area contributed by atoms with Gasteiger partial charge in [-0.15, -0.1) is 0 Å². The number of aryl methyl sites for hydroxylation is 1. The van der Waals surface area contributed by atoms with Crippen molar-refractivity contribution in [1.82, 2.24) is 10.3 Å². The predicted molar refractivity (Wildman–Crippen MR) is 122 cm³/mol. The van der Waals surface area contributed by atoms with Gasteiger partial charge in [-0.25, -0.2) is 9.18 Å². The number of benzene rings is 2. The number of rotatable bonds is 6.